The second-order valence-corrected chi connectivity index (χ2v) is 6.58. The number of nitrogens with zero attached hydrogens (tertiary/aromatic N) is 2. The van der Waals surface area contributed by atoms with Crippen LogP contribution in [0.15, 0.2) is 36.5 Å². The van der Waals surface area contributed by atoms with E-state index in [2.05, 4.69) is 10.3 Å². The molecule has 4 rings (SSSR count). The first kappa shape index (κ1) is 17.2. The highest BCUT2D eigenvalue weighted by Crippen LogP contribution is 2.31. The Morgan fingerprint density at radius 1 is 1.22 bits per heavy atom. The third kappa shape index (κ3) is 3.16. The molecule has 1 aromatic heterocycles. The van der Waals surface area contributed by atoms with Crippen molar-refractivity contribution >= 4 is 17.7 Å². The molecule has 1 fully saturated rings. The maximum absolute atomic E-state index is 12.7. The molecule has 1 atom stereocenters. The monoisotopic (exact) mass is 365 g/mol. The minimum atomic E-state index is -0.602. The van der Waals surface area contributed by atoms with Crippen molar-refractivity contribution in [1.29, 1.82) is 0 Å². The number of imide groups is 1. The molecule has 0 spiro atoms. The van der Waals surface area contributed by atoms with E-state index in [1.807, 2.05) is 31.2 Å². The van der Waals surface area contributed by atoms with E-state index in [4.69, 9.17) is 4.74 Å². The lowest BCUT2D eigenvalue weighted by atomic mass is 10.0. The van der Waals surface area contributed by atoms with Gasteiger partial charge in [-0.2, -0.15) is 0 Å². The Bertz CT molecular complexity index is 923. The van der Waals surface area contributed by atoms with Crippen LogP contribution in [0.25, 0.3) is 11.3 Å². The Morgan fingerprint density at radius 3 is 2.78 bits per heavy atom. The first-order chi connectivity index (χ1) is 13.1. The van der Waals surface area contributed by atoms with Gasteiger partial charge in [0.1, 0.15) is 11.8 Å². The van der Waals surface area contributed by atoms with Gasteiger partial charge in [0.2, 0.25) is 11.8 Å². The molecule has 0 aliphatic carbocycles. The fourth-order valence-electron chi connectivity index (χ4n) is 3.54. The van der Waals surface area contributed by atoms with E-state index >= 15 is 0 Å². The second kappa shape index (κ2) is 6.83. The number of fused-ring (bicyclic) bond motifs is 1. The zero-order valence-electron chi connectivity index (χ0n) is 14.9. The summed E-state index contributed by atoms with van der Waals surface area (Å²) in [6.45, 7) is 2.85. The van der Waals surface area contributed by atoms with Gasteiger partial charge in [-0.3, -0.25) is 24.7 Å². The number of nitrogens with one attached hydrogen (secondary N) is 1. The highest BCUT2D eigenvalue weighted by molar-refractivity contribution is 6.05. The van der Waals surface area contributed by atoms with Crippen molar-refractivity contribution in [3.63, 3.8) is 0 Å². The molecular weight excluding hydrogens is 346 g/mol. The van der Waals surface area contributed by atoms with Gasteiger partial charge in [0.25, 0.3) is 5.91 Å². The van der Waals surface area contributed by atoms with Crippen molar-refractivity contribution in [3.05, 3.63) is 47.7 Å². The van der Waals surface area contributed by atoms with E-state index in [1.54, 1.807) is 17.2 Å². The van der Waals surface area contributed by atoms with E-state index in [0.29, 0.717) is 30.9 Å². The number of amides is 3. The second-order valence-electron chi connectivity index (χ2n) is 6.58. The number of carbonyl (C=O) groups excluding carboxylic acids is 3. The van der Waals surface area contributed by atoms with Gasteiger partial charge in [-0.1, -0.05) is 6.07 Å². The van der Waals surface area contributed by atoms with Gasteiger partial charge < -0.3 is 9.64 Å². The number of benzene rings is 1. The standard InChI is InChI=1S/C20H19N3O4/c1-2-27-14-4-6-16(21-10-14)12-3-5-15-13(9-12)11-23(20(15)26)17-7-8-18(24)22-19(17)25/h3-6,9-10,17H,2,7-8,11H2,1H3,(H,22,24,25). The molecule has 27 heavy (non-hydrogen) atoms. The molecule has 0 bridgehead atoms. The summed E-state index contributed by atoms with van der Waals surface area (Å²) < 4.78 is 5.41. The summed E-state index contributed by atoms with van der Waals surface area (Å²) in [5.74, 6) is -0.155. The molecule has 3 amide bonds. The molecule has 2 aromatic rings. The minimum absolute atomic E-state index is 0.175. The molecule has 2 aliphatic rings. The van der Waals surface area contributed by atoms with Crippen molar-refractivity contribution in [2.75, 3.05) is 6.61 Å². The maximum atomic E-state index is 12.7. The van der Waals surface area contributed by atoms with Crippen LogP contribution in [-0.2, 0) is 16.1 Å². The van der Waals surface area contributed by atoms with E-state index in [-0.39, 0.29) is 18.2 Å². The SMILES string of the molecule is CCOc1ccc(-c2ccc3c(c2)CN(C2CCC(=O)NC2=O)C3=O)nc1. The third-order valence-electron chi connectivity index (χ3n) is 4.87. The van der Waals surface area contributed by atoms with Crippen LogP contribution in [0.5, 0.6) is 5.75 Å². The predicted molar refractivity (Wildman–Crippen MR) is 96.9 cm³/mol. The molecule has 3 heterocycles. The minimum Gasteiger partial charge on any atom is -0.492 e. The Morgan fingerprint density at radius 2 is 2.07 bits per heavy atom. The summed E-state index contributed by atoms with van der Waals surface area (Å²) in [7, 11) is 0. The number of ether oxygens (including phenoxy) is 1. The molecule has 1 N–H and O–H groups in total. The molecule has 0 saturated carbocycles. The van der Waals surface area contributed by atoms with Crippen LogP contribution >= 0.6 is 0 Å². The molecule has 7 nitrogen and oxygen atoms in total. The third-order valence-corrected chi connectivity index (χ3v) is 4.87. The molecule has 1 aromatic carbocycles. The fraction of sp³-hybridized carbons (Fsp3) is 0.300. The van der Waals surface area contributed by atoms with E-state index in [0.717, 1.165) is 16.8 Å². The number of hydrogen-bond donors (Lipinski definition) is 1. The quantitative estimate of drug-likeness (QED) is 0.836. The molecule has 7 heteroatoms. The van der Waals surface area contributed by atoms with E-state index in [9.17, 15) is 14.4 Å². The van der Waals surface area contributed by atoms with Crippen molar-refractivity contribution in [2.24, 2.45) is 0 Å². The first-order valence-corrected chi connectivity index (χ1v) is 8.93. The zero-order valence-corrected chi connectivity index (χ0v) is 14.9. The Balaban J connectivity index is 1.57. The lowest BCUT2D eigenvalue weighted by Gasteiger charge is -2.29. The number of carbonyl (C=O) groups is 3. The van der Waals surface area contributed by atoms with Gasteiger partial charge in [-0.05, 0) is 43.2 Å². The van der Waals surface area contributed by atoms with Crippen molar-refractivity contribution < 1.29 is 19.1 Å². The van der Waals surface area contributed by atoms with E-state index in [1.165, 1.54) is 0 Å². The first-order valence-electron chi connectivity index (χ1n) is 8.93. The van der Waals surface area contributed by atoms with Gasteiger partial charge in [-0.15, -0.1) is 0 Å². The lowest BCUT2D eigenvalue weighted by molar-refractivity contribution is -0.136. The van der Waals surface area contributed by atoms with Gasteiger partial charge in [0.05, 0.1) is 18.5 Å². The van der Waals surface area contributed by atoms with Crippen LogP contribution in [0.4, 0.5) is 0 Å². The Hall–Kier alpha value is -3.22. The average Bonchev–Trinajstić information content (AvgIpc) is 2.98. The summed E-state index contributed by atoms with van der Waals surface area (Å²) in [5.41, 5.74) is 3.13. The Kier molecular flexibility index (Phi) is 4.35. The highest BCUT2D eigenvalue weighted by atomic mass is 16.5. The van der Waals surface area contributed by atoms with Gasteiger partial charge in [0.15, 0.2) is 0 Å². The van der Waals surface area contributed by atoms with Gasteiger partial charge >= 0.3 is 0 Å². The fourth-order valence-corrected chi connectivity index (χ4v) is 3.54. The molecule has 1 saturated heterocycles. The lowest BCUT2D eigenvalue weighted by Crippen LogP contribution is -2.52. The smallest absolute Gasteiger partial charge is 0.255 e. The topological polar surface area (TPSA) is 88.6 Å². The van der Waals surface area contributed by atoms with E-state index < -0.39 is 11.9 Å². The molecule has 1 unspecified atom stereocenters. The van der Waals surface area contributed by atoms with Crippen molar-refractivity contribution in [2.45, 2.75) is 32.4 Å². The van der Waals surface area contributed by atoms with Crippen molar-refractivity contribution in [1.82, 2.24) is 15.2 Å². The van der Waals surface area contributed by atoms with Gasteiger partial charge in [-0.25, -0.2) is 0 Å². The maximum Gasteiger partial charge on any atom is 0.255 e. The number of aromatic nitrogens is 1. The number of hydrogen-bond acceptors (Lipinski definition) is 5. The zero-order chi connectivity index (χ0) is 19.0. The van der Waals surface area contributed by atoms with Crippen LogP contribution in [-0.4, -0.2) is 40.3 Å². The molecular formula is C20H19N3O4. The van der Waals surface area contributed by atoms with Crippen LogP contribution in [0, 0.1) is 0 Å². The van der Waals surface area contributed by atoms with Crippen LogP contribution in [0.2, 0.25) is 0 Å². The van der Waals surface area contributed by atoms with Crippen LogP contribution in [0.3, 0.4) is 0 Å². The van der Waals surface area contributed by atoms with Crippen LogP contribution in [0.1, 0.15) is 35.7 Å². The summed E-state index contributed by atoms with van der Waals surface area (Å²) in [6.07, 6.45) is 2.28. The average molecular weight is 365 g/mol. The summed E-state index contributed by atoms with van der Waals surface area (Å²) in [5, 5.41) is 2.31. The predicted octanol–water partition coefficient (Wildman–Crippen LogP) is 1.91. The summed E-state index contributed by atoms with van der Waals surface area (Å²) in [4.78, 5) is 42.1. The molecule has 2 aliphatic heterocycles. The van der Waals surface area contributed by atoms with Crippen molar-refractivity contribution in [3.8, 4) is 17.0 Å². The van der Waals surface area contributed by atoms with Crippen LogP contribution < -0.4 is 10.1 Å². The highest BCUT2D eigenvalue weighted by Gasteiger charge is 2.39. The van der Waals surface area contributed by atoms with Gasteiger partial charge in [0, 0.05) is 24.1 Å². The number of rotatable bonds is 4. The summed E-state index contributed by atoms with van der Waals surface area (Å²) in [6, 6.07) is 8.70. The Labute approximate surface area is 156 Å². The summed E-state index contributed by atoms with van der Waals surface area (Å²) >= 11 is 0. The largest absolute Gasteiger partial charge is 0.492 e. The molecule has 138 valence electrons. The normalized spacial score (nSPS) is 19.1. The molecule has 0 radical (unpaired) electrons. The number of pyridine rings is 1. The number of piperidine rings is 1.